The molecule has 0 unspecified atom stereocenters. The highest BCUT2D eigenvalue weighted by atomic mass is 16.0. The number of nitrogens with zero attached hydrogens (tertiary/aromatic N) is 1. The molecule has 3 nitrogen and oxygen atoms in total. The van der Waals surface area contributed by atoms with E-state index in [1.165, 1.54) is 5.70 Å². The SMILES string of the molecule is C=C(CC(C)(C)C)N1CCNCC1.CC.O. The molecule has 3 N–H and O–H groups in total. The van der Waals surface area contributed by atoms with E-state index in [1.54, 1.807) is 0 Å². The van der Waals surface area contributed by atoms with Crippen molar-refractivity contribution < 1.29 is 5.48 Å². The number of nitrogens with one attached hydrogen (secondary N) is 1. The normalized spacial score (nSPS) is 15.7. The first-order valence-corrected chi connectivity index (χ1v) is 6.12. The molecule has 0 aromatic heterocycles. The summed E-state index contributed by atoms with van der Waals surface area (Å²) in [7, 11) is 0. The van der Waals surface area contributed by atoms with Crippen LogP contribution >= 0.6 is 0 Å². The lowest BCUT2D eigenvalue weighted by Crippen LogP contribution is -2.43. The predicted octanol–water partition coefficient (Wildman–Crippen LogP) is 2.04. The summed E-state index contributed by atoms with van der Waals surface area (Å²) < 4.78 is 0. The molecule has 1 heterocycles. The van der Waals surface area contributed by atoms with Crippen LogP contribution in [0.3, 0.4) is 0 Å². The highest BCUT2D eigenvalue weighted by molar-refractivity contribution is 4.98. The predicted molar refractivity (Wildman–Crippen MR) is 72.6 cm³/mol. The maximum atomic E-state index is 4.16. The molecule has 0 aromatic carbocycles. The second-order valence-corrected chi connectivity index (χ2v) is 5.04. The standard InChI is InChI=1S/C11H22N2.C2H6.H2O/c1-10(9-11(2,3)4)13-7-5-12-6-8-13;1-2;/h12H,1,5-9H2,2-4H3;1-2H3;1H2. The number of hydrogen-bond donors (Lipinski definition) is 1. The quantitative estimate of drug-likeness (QED) is 0.789. The summed E-state index contributed by atoms with van der Waals surface area (Å²) in [5.41, 5.74) is 1.66. The Hall–Kier alpha value is -0.540. The van der Waals surface area contributed by atoms with Crippen molar-refractivity contribution >= 4 is 0 Å². The fraction of sp³-hybridized carbons (Fsp3) is 0.846. The second kappa shape index (κ2) is 8.59. The van der Waals surface area contributed by atoms with Gasteiger partial charge in [-0.25, -0.2) is 0 Å². The van der Waals surface area contributed by atoms with Crippen LogP contribution in [0.5, 0.6) is 0 Å². The van der Waals surface area contributed by atoms with Gasteiger partial charge in [-0.3, -0.25) is 0 Å². The van der Waals surface area contributed by atoms with Crippen LogP contribution in [-0.4, -0.2) is 36.6 Å². The van der Waals surface area contributed by atoms with Gasteiger partial charge in [-0.2, -0.15) is 0 Å². The Bertz CT molecular complexity index is 179. The van der Waals surface area contributed by atoms with E-state index in [9.17, 15) is 0 Å². The van der Waals surface area contributed by atoms with Gasteiger partial charge in [-0.05, 0) is 11.8 Å². The van der Waals surface area contributed by atoms with Crippen molar-refractivity contribution in [1.29, 1.82) is 0 Å². The van der Waals surface area contributed by atoms with Crippen molar-refractivity contribution in [2.45, 2.75) is 41.0 Å². The Morgan fingerprint density at radius 2 is 1.62 bits per heavy atom. The smallest absolute Gasteiger partial charge is 0.0300 e. The molecule has 98 valence electrons. The van der Waals surface area contributed by atoms with Crippen LogP contribution in [0.1, 0.15) is 41.0 Å². The Kier molecular flexibility index (Phi) is 9.58. The summed E-state index contributed by atoms with van der Waals surface area (Å²) in [4.78, 5) is 2.40. The van der Waals surface area contributed by atoms with Crippen molar-refractivity contribution in [2.75, 3.05) is 26.2 Å². The summed E-state index contributed by atoms with van der Waals surface area (Å²) in [5.74, 6) is 0. The van der Waals surface area contributed by atoms with E-state index in [-0.39, 0.29) is 5.48 Å². The molecule has 1 saturated heterocycles. The number of rotatable bonds is 2. The molecule has 16 heavy (non-hydrogen) atoms. The molecule has 0 aliphatic carbocycles. The number of allylic oxidation sites excluding steroid dienone is 1. The van der Waals surface area contributed by atoms with Gasteiger partial charge in [0, 0.05) is 31.9 Å². The summed E-state index contributed by atoms with van der Waals surface area (Å²) in [6.45, 7) is 19.4. The highest BCUT2D eigenvalue weighted by Gasteiger charge is 2.17. The van der Waals surface area contributed by atoms with E-state index in [0.29, 0.717) is 5.41 Å². The molecular weight excluding hydrogens is 200 g/mol. The van der Waals surface area contributed by atoms with Gasteiger partial charge in [0.05, 0.1) is 0 Å². The monoisotopic (exact) mass is 230 g/mol. The second-order valence-electron chi connectivity index (χ2n) is 5.04. The molecule has 1 fully saturated rings. The zero-order valence-electron chi connectivity index (χ0n) is 11.7. The van der Waals surface area contributed by atoms with Crippen molar-refractivity contribution in [1.82, 2.24) is 10.2 Å². The molecule has 0 amide bonds. The van der Waals surface area contributed by atoms with Gasteiger partial charge in [0.2, 0.25) is 0 Å². The van der Waals surface area contributed by atoms with Crippen LogP contribution in [-0.2, 0) is 0 Å². The van der Waals surface area contributed by atoms with Crippen molar-refractivity contribution in [3.8, 4) is 0 Å². The summed E-state index contributed by atoms with van der Waals surface area (Å²) >= 11 is 0. The molecule has 0 saturated carbocycles. The van der Waals surface area contributed by atoms with E-state index < -0.39 is 0 Å². The van der Waals surface area contributed by atoms with E-state index >= 15 is 0 Å². The van der Waals surface area contributed by atoms with Crippen LogP contribution in [0.15, 0.2) is 12.3 Å². The Balaban J connectivity index is 0. The molecule has 1 aliphatic heterocycles. The van der Waals surface area contributed by atoms with Gasteiger partial charge in [-0.1, -0.05) is 41.2 Å². The minimum absolute atomic E-state index is 0. The average Bonchev–Trinajstić information content (AvgIpc) is 2.20. The Morgan fingerprint density at radius 3 is 2.00 bits per heavy atom. The van der Waals surface area contributed by atoms with Crippen LogP contribution in [0.25, 0.3) is 0 Å². The largest absolute Gasteiger partial charge is 0.412 e. The molecule has 3 heteroatoms. The molecular formula is C13H30N2O. The zero-order chi connectivity index (χ0) is 11.9. The molecule has 0 spiro atoms. The summed E-state index contributed by atoms with van der Waals surface area (Å²) in [6.07, 6.45) is 1.10. The zero-order valence-corrected chi connectivity index (χ0v) is 11.7. The number of hydrogen-bond acceptors (Lipinski definition) is 2. The third kappa shape index (κ3) is 7.71. The minimum atomic E-state index is 0. The first kappa shape index (κ1) is 17.8. The maximum absolute atomic E-state index is 4.16. The fourth-order valence-corrected chi connectivity index (χ4v) is 1.71. The molecule has 1 rings (SSSR count). The maximum Gasteiger partial charge on any atom is 0.0300 e. The van der Waals surface area contributed by atoms with Gasteiger partial charge >= 0.3 is 0 Å². The molecule has 0 atom stereocenters. The van der Waals surface area contributed by atoms with Gasteiger partial charge in [0.25, 0.3) is 0 Å². The molecule has 0 aromatic rings. The van der Waals surface area contributed by atoms with Crippen LogP contribution in [0.4, 0.5) is 0 Å². The molecule has 0 bridgehead atoms. The van der Waals surface area contributed by atoms with Crippen molar-refractivity contribution in [2.24, 2.45) is 5.41 Å². The summed E-state index contributed by atoms with van der Waals surface area (Å²) in [5, 5.41) is 3.35. The molecule has 1 aliphatic rings. The van der Waals surface area contributed by atoms with Gasteiger partial charge in [-0.15, -0.1) is 0 Å². The van der Waals surface area contributed by atoms with Gasteiger partial charge in [0.15, 0.2) is 0 Å². The van der Waals surface area contributed by atoms with E-state index in [1.807, 2.05) is 13.8 Å². The van der Waals surface area contributed by atoms with E-state index in [4.69, 9.17) is 0 Å². The van der Waals surface area contributed by atoms with E-state index in [0.717, 1.165) is 32.6 Å². The lowest BCUT2D eigenvalue weighted by Gasteiger charge is -2.33. The Morgan fingerprint density at radius 1 is 1.19 bits per heavy atom. The van der Waals surface area contributed by atoms with Crippen LogP contribution in [0, 0.1) is 5.41 Å². The molecule has 0 radical (unpaired) electrons. The summed E-state index contributed by atoms with van der Waals surface area (Å²) in [6, 6.07) is 0. The lowest BCUT2D eigenvalue weighted by molar-refractivity contribution is 0.262. The number of piperazine rings is 1. The third-order valence-corrected chi connectivity index (χ3v) is 2.30. The first-order valence-electron chi connectivity index (χ1n) is 6.12. The van der Waals surface area contributed by atoms with E-state index in [2.05, 4.69) is 37.6 Å². The Labute approximate surface area is 101 Å². The highest BCUT2D eigenvalue weighted by Crippen LogP contribution is 2.24. The van der Waals surface area contributed by atoms with Crippen molar-refractivity contribution in [3.05, 3.63) is 12.3 Å². The van der Waals surface area contributed by atoms with Crippen molar-refractivity contribution in [3.63, 3.8) is 0 Å². The van der Waals surface area contributed by atoms with Crippen LogP contribution < -0.4 is 5.32 Å². The lowest BCUT2D eigenvalue weighted by atomic mass is 9.90. The minimum Gasteiger partial charge on any atom is -0.412 e. The first-order chi connectivity index (χ1) is 6.99. The van der Waals surface area contributed by atoms with Crippen LogP contribution in [0.2, 0.25) is 0 Å². The van der Waals surface area contributed by atoms with Gasteiger partial charge < -0.3 is 15.7 Å². The third-order valence-electron chi connectivity index (χ3n) is 2.30. The van der Waals surface area contributed by atoms with Gasteiger partial charge in [0.1, 0.15) is 0 Å². The topological polar surface area (TPSA) is 46.8 Å². The average molecular weight is 230 g/mol. The fourth-order valence-electron chi connectivity index (χ4n) is 1.71.